The Balaban J connectivity index is 2.36. The van der Waals surface area contributed by atoms with E-state index in [9.17, 15) is 14.4 Å². The Morgan fingerprint density at radius 3 is 2.74 bits per heavy atom. The zero-order valence-corrected chi connectivity index (χ0v) is 13.6. The first kappa shape index (κ1) is 18.9. The van der Waals surface area contributed by atoms with Crippen LogP contribution in [0.4, 0.5) is 0 Å². The average molecular weight is 344 g/mol. The number of carbonyl (C=O) groups is 3. The maximum atomic E-state index is 11.8. The molecule has 8 nitrogen and oxygen atoms in total. The zero-order valence-electron chi connectivity index (χ0n) is 12.8. The number of halogens is 1. The molecule has 0 saturated carbocycles. The molecule has 9 heteroatoms. The van der Waals surface area contributed by atoms with Crippen molar-refractivity contribution in [2.75, 3.05) is 26.8 Å². The van der Waals surface area contributed by atoms with Crippen LogP contribution < -0.4 is 10.6 Å². The van der Waals surface area contributed by atoms with Gasteiger partial charge in [0.1, 0.15) is 12.2 Å². The van der Waals surface area contributed by atoms with Gasteiger partial charge in [0.05, 0.1) is 6.61 Å². The molecule has 0 spiro atoms. The second-order valence-electron chi connectivity index (χ2n) is 4.46. The minimum absolute atomic E-state index is 0.0793. The van der Waals surface area contributed by atoms with Crippen LogP contribution >= 0.6 is 11.6 Å². The number of esters is 1. The molecule has 0 radical (unpaired) electrons. The molecule has 0 unspecified atom stereocenters. The van der Waals surface area contributed by atoms with Crippen molar-refractivity contribution < 1.29 is 23.9 Å². The average Bonchev–Trinajstić information content (AvgIpc) is 2.52. The van der Waals surface area contributed by atoms with Crippen molar-refractivity contribution in [2.24, 2.45) is 0 Å². The summed E-state index contributed by atoms with van der Waals surface area (Å²) in [5.41, 5.74) is 0.0793. The van der Waals surface area contributed by atoms with Gasteiger partial charge in [-0.3, -0.25) is 19.4 Å². The maximum Gasteiger partial charge on any atom is 0.326 e. The van der Waals surface area contributed by atoms with E-state index < -0.39 is 23.9 Å². The van der Waals surface area contributed by atoms with Crippen molar-refractivity contribution in [2.45, 2.75) is 13.0 Å². The first-order chi connectivity index (χ1) is 10.9. The lowest BCUT2D eigenvalue weighted by molar-refractivity contribution is -0.153. The molecule has 0 bridgehead atoms. The third-order valence-electron chi connectivity index (χ3n) is 2.63. The molecular weight excluding hydrogens is 326 g/mol. The summed E-state index contributed by atoms with van der Waals surface area (Å²) in [6, 6.07) is 2.89. The van der Waals surface area contributed by atoms with Crippen molar-refractivity contribution in [3.63, 3.8) is 0 Å². The van der Waals surface area contributed by atoms with Crippen LogP contribution in [0.3, 0.4) is 0 Å². The molecule has 126 valence electrons. The molecule has 1 rings (SSSR count). The van der Waals surface area contributed by atoms with E-state index >= 15 is 0 Å². The Kier molecular flexibility index (Phi) is 8.00. The number of methoxy groups -OCH3 is 1. The van der Waals surface area contributed by atoms with Crippen LogP contribution in [-0.4, -0.2) is 55.7 Å². The Hall–Kier alpha value is -2.19. The van der Waals surface area contributed by atoms with Crippen molar-refractivity contribution in [1.29, 1.82) is 0 Å². The first-order valence-corrected chi connectivity index (χ1v) is 7.17. The van der Waals surface area contributed by atoms with Crippen LogP contribution in [0.1, 0.15) is 17.4 Å². The van der Waals surface area contributed by atoms with Gasteiger partial charge < -0.3 is 20.1 Å². The van der Waals surface area contributed by atoms with Crippen molar-refractivity contribution in [1.82, 2.24) is 15.6 Å². The highest BCUT2D eigenvalue weighted by atomic mass is 35.5. The van der Waals surface area contributed by atoms with E-state index in [1.807, 2.05) is 0 Å². The predicted octanol–water partition coefficient (Wildman–Crippen LogP) is 0.159. The topological polar surface area (TPSA) is 107 Å². The van der Waals surface area contributed by atoms with E-state index in [0.717, 1.165) is 0 Å². The molecule has 1 aromatic heterocycles. The first-order valence-electron chi connectivity index (χ1n) is 6.80. The van der Waals surface area contributed by atoms with Crippen LogP contribution in [0, 0.1) is 0 Å². The normalized spacial score (nSPS) is 11.4. The monoisotopic (exact) mass is 343 g/mol. The second kappa shape index (κ2) is 9.75. The van der Waals surface area contributed by atoms with E-state index in [1.165, 1.54) is 32.4 Å². The van der Waals surface area contributed by atoms with Gasteiger partial charge in [0, 0.05) is 24.9 Å². The van der Waals surface area contributed by atoms with E-state index in [1.54, 1.807) is 0 Å². The summed E-state index contributed by atoms with van der Waals surface area (Å²) in [5, 5.41) is 5.22. The van der Waals surface area contributed by atoms with Gasteiger partial charge in [-0.05, 0) is 19.1 Å². The molecule has 0 aliphatic carbocycles. The van der Waals surface area contributed by atoms with Gasteiger partial charge in [0.25, 0.3) is 11.8 Å². The molecule has 1 atom stereocenters. The van der Waals surface area contributed by atoms with Gasteiger partial charge in [-0.25, -0.2) is 0 Å². The third kappa shape index (κ3) is 7.07. The summed E-state index contributed by atoms with van der Waals surface area (Å²) in [6.45, 7) is 1.71. The lowest BCUT2D eigenvalue weighted by atomic mass is 10.3. The quantitative estimate of drug-likeness (QED) is 0.514. The highest BCUT2D eigenvalue weighted by molar-refractivity contribution is 6.30. The molecule has 0 aliphatic heterocycles. The van der Waals surface area contributed by atoms with Gasteiger partial charge in [0.15, 0.2) is 6.10 Å². The number of carbonyl (C=O) groups excluding carboxylic acids is 3. The summed E-state index contributed by atoms with van der Waals surface area (Å²) in [6.07, 6.45) is 0.405. The van der Waals surface area contributed by atoms with Crippen LogP contribution in [0.25, 0.3) is 0 Å². The summed E-state index contributed by atoms with van der Waals surface area (Å²) in [4.78, 5) is 38.8. The zero-order chi connectivity index (χ0) is 17.2. The fraction of sp³-hybridized carbons (Fsp3) is 0.429. The number of ether oxygens (including phenoxy) is 2. The number of rotatable bonds is 8. The molecule has 2 N–H and O–H groups in total. The smallest absolute Gasteiger partial charge is 0.326 e. The Labute approximate surface area is 138 Å². The number of hydrogen-bond acceptors (Lipinski definition) is 6. The number of pyridine rings is 1. The van der Waals surface area contributed by atoms with Crippen LogP contribution in [0.5, 0.6) is 0 Å². The molecule has 1 aromatic rings. The fourth-order valence-electron chi connectivity index (χ4n) is 1.48. The molecule has 0 aromatic carbocycles. The lowest BCUT2D eigenvalue weighted by Crippen LogP contribution is -2.39. The molecule has 0 fully saturated rings. The van der Waals surface area contributed by atoms with Crippen molar-refractivity contribution in [3.05, 3.63) is 29.0 Å². The second-order valence-corrected chi connectivity index (χ2v) is 4.89. The maximum absolute atomic E-state index is 11.8. The standard InChI is InChI=1S/C14H18ClN3O5/c1-9(13(20)17-5-6-22-2)23-12(19)8-18-14(21)11-7-10(15)3-4-16-11/h3-4,7,9H,5-6,8H2,1-2H3,(H,17,20)(H,18,21)/t9-/m1/s1. The molecule has 0 saturated heterocycles. The number of aromatic nitrogens is 1. The molecule has 1 heterocycles. The van der Waals surface area contributed by atoms with Gasteiger partial charge in [0.2, 0.25) is 0 Å². The van der Waals surface area contributed by atoms with E-state index in [0.29, 0.717) is 18.2 Å². The minimum atomic E-state index is -0.972. The minimum Gasteiger partial charge on any atom is -0.451 e. The number of amides is 2. The van der Waals surface area contributed by atoms with E-state index in [2.05, 4.69) is 15.6 Å². The van der Waals surface area contributed by atoms with E-state index in [-0.39, 0.29) is 12.2 Å². The molecule has 2 amide bonds. The van der Waals surface area contributed by atoms with E-state index in [4.69, 9.17) is 21.1 Å². The van der Waals surface area contributed by atoms with Crippen LogP contribution in [0.2, 0.25) is 5.02 Å². The predicted molar refractivity (Wildman–Crippen MR) is 82.0 cm³/mol. The van der Waals surface area contributed by atoms with Gasteiger partial charge in [-0.1, -0.05) is 11.6 Å². The van der Waals surface area contributed by atoms with Crippen molar-refractivity contribution >= 4 is 29.4 Å². The van der Waals surface area contributed by atoms with Crippen molar-refractivity contribution in [3.8, 4) is 0 Å². The highest BCUT2D eigenvalue weighted by Crippen LogP contribution is 2.07. The molecule has 0 aliphatic rings. The van der Waals surface area contributed by atoms with Crippen LogP contribution in [-0.2, 0) is 19.1 Å². The number of hydrogen-bond donors (Lipinski definition) is 2. The summed E-state index contributed by atoms with van der Waals surface area (Å²) < 4.78 is 9.68. The Bertz CT molecular complexity index is 567. The van der Waals surface area contributed by atoms with Crippen LogP contribution in [0.15, 0.2) is 18.3 Å². The number of nitrogens with zero attached hydrogens (tertiary/aromatic N) is 1. The number of nitrogens with one attached hydrogen (secondary N) is 2. The Morgan fingerprint density at radius 1 is 1.35 bits per heavy atom. The van der Waals surface area contributed by atoms with Gasteiger partial charge >= 0.3 is 5.97 Å². The Morgan fingerprint density at radius 2 is 2.09 bits per heavy atom. The summed E-state index contributed by atoms with van der Waals surface area (Å²) in [7, 11) is 1.51. The summed E-state index contributed by atoms with van der Waals surface area (Å²) >= 11 is 5.74. The lowest BCUT2D eigenvalue weighted by Gasteiger charge is -2.13. The molecule has 23 heavy (non-hydrogen) atoms. The SMILES string of the molecule is COCCNC(=O)[C@@H](C)OC(=O)CNC(=O)c1cc(Cl)ccn1. The van der Waals surface area contributed by atoms with Gasteiger partial charge in [-0.15, -0.1) is 0 Å². The third-order valence-corrected chi connectivity index (χ3v) is 2.87. The molecular formula is C14H18ClN3O5. The largest absolute Gasteiger partial charge is 0.451 e. The highest BCUT2D eigenvalue weighted by Gasteiger charge is 2.18. The summed E-state index contributed by atoms with van der Waals surface area (Å²) in [5.74, 6) is -1.75. The van der Waals surface area contributed by atoms with Gasteiger partial charge in [-0.2, -0.15) is 0 Å². The fourth-order valence-corrected chi connectivity index (χ4v) is 1.64.